The summed E-state index contributed by atoms with van der Waals surface area (Å²) in [6.45, 7) is 2.93. The van der Waals surface area contributed by atoms with Gasteiger partial charge in [-0.2, -0.15) is 0 Å². The quantitative estimate of drug-likeness (QED) is 0.846. The number of carbonyl (C=O) groups is 1. The molecule has 0 bridgehead atoms. The fraction of sp³-hybridized carbons (Fsp3) is 0.500. The zero-order chi connectivity index (χ0) is 15.7. The van der Waals surface area contributed by atoms with E-state index in [4.69, 9.17) is 0 Å². The predicted octanol–water partition coefficient (Wildman–Crippen LogP) is 1.86. The first-order valence-electron chi connectivity index (χ1n) is 6.74. The van der Waals surface area contributed by atoms with E-state index in [2.05, 4.69) is 26.6 Å². The van der Waals surface area contributed by atoms with E-state index in [-0.39, 0.29) is 0 Å². The van der Waals surface area contributed by atoms with Crippen molar-refractivity contribution >= 4 is 37.4 Å². The van der Waals surface area contributed by atoms with Gasteiger partial charge in [-0.25, -0.2) is 8.42 Å². The van der Waals surface area contributed by atoms with Crippen LogP contribution in [0.1, 0.15) is 18.4 Å². The Bertz CT molecular complexity index is 652. The van der Waals surface area contributed by atoms with Crippen LogP contribution in [0.4, 0.5) is 5.69 Å². The van der Waals surface area contributed by atoms with Crippen molar-refractivity contribution in [1.29, 1.82) is 0 Å². The fourth-order valence-corrected chi connectivity index (χ4v) is 4.41. The van der Waals surface area contributed by atoms with Crippen LogP contribution >= 0.6 is 15.9 Å². The van der Waals surface area contributed by atoms with E-state index in [1.54, 1.807) is 6.07 Å². The van der Waals surface area contributed by atoms with Crippen LogP contribution in [0.5, 0.6) is 0 Å². The Kier molecular flexibility index (Phi) is 4.75. The molecule has 1 aromatic carbocycles. The Morgan fingerprint density at radius 1 is 1.33 bits per heavy atom. The van der Waals surface area contributed by atoms with Gasteiger partial charge in [-0.1, -0.05) is 15.9 Å². The molecule has 7 heteroatoms. The molecule has 1 saturated heterocycles. The molecule has 0 saturated carbocycles. The maximum Gasteiger partial charge on any atom is 0.245 e. The molecule has 1 aliphatic heterocycles. The average Bonchev–Trinajstić information content (AvgIpc) is 2.41. The highest BCUT2D eigenvalue weighted by molar-refractivity contribution is 9.10. The topological polar surface area (TPSA) is 75.3 Å². The number of nitrogens with one attached hydrogen (secondary N) is 2. The van der Waals surface area contributed by atoms with E-state index in [0.717, 1.165) is 16.3 Å². The van der Waals surface area contributed by atoms with Crippen molar-refractivity contribution in [3.8, 4) is 0 Å². The predicted molar refractivity (Wildman–Crippen MR) is 87.2 cm³/mol. The average molecular weight is 375 g/mol. The molecule has 21 heavy (non-hydrogen) atoms. The van der Waals surface area contributed by atoms with Crippen molar-refractivity contribution < 1.29 is 13.2 Å². The molecular weight excluding hydrogens is 356 g/mol. The molecule has 116 valence electrons. The minimum atomic E-state index is -3.49. The highest BCUT2D eigenvalue weighted by Crippen LogP contribution is 2.30. The molecule has 0 spiro atoms. The van der Waals surface area contributed by atoms with Gasteiger partial charge in [0.2, 0.25) is 5.91 Å². The number of aryl methyl sites for hydroxylation is 1. The highest BCUT2D eigenvalue weighted by Gasteiger charge is 2.48. The third-order valence-electron chi connectivity index (χ3n) is 3.97. The number of anilines is 1. The van der Waals surface area contributed by atoms with E-state index in [0.29, 0.717) is 31.6 Å². The molecular formula is C14H19BrN2O3S. The Morgan fingerprint density at radius 3 is 2.48 bits per heavy atom. The second kappa shape index (κ2) is 6.06. The second-order valence-electron chi connectivity index (χ2n) is 5.43. The summed E-state index contributed by atoms with van der Waals surface area (Å²) in [6.07, 6.45) is 1.74. The third kappa shape index (κ3) is 3.30. The molecule has 1 heterocycles. The summed E-state index contributed by atoms with van der Waals surface area (Å²) in [6, 6.07) is 5.47. The zero-order valence-corrected chi connectivity index (χ0v) is 14.5. The molecule has 0 atom stereocenters. The van der Waals surface area contributed by atoms with Crippen molar-refractivity contribution in [3.63, 3.8) is 0 Å². The number of hydrogen-bond acceptors (Lipinski definition) is 4. The largest absolute Gasteiger partial charge is 0.324 e. The molecule has 1 aliphatic rings. The van der Waals surface area contributed by atoms with E-state index in [1.165, 1.54) is 0 Å². The first-order chi connectivity index (χ1) is 9.76. The summed E-state index contributed by atoms with van der Waals surface area (Å²) in [7, 11) is -3.49. The van der Waals surface area contributed by atoms with Crippen molar-refractivity contribution in [2.24, 2.45) is 0 Å². The second-order valence-corrected chi connectivity index (χ2v) is 8.67. The van der Waals surface area contributed by atoms with Crippen molar-refractivity contribution in [3.05, 3.63) is 28.2 Å². The van der Waals surface area contributed by atoms with Gasteiger partial charge in [-0.15, -0.1) is 0 Å². The molecule has 5 nitrogen and oxygen atoms in total. The van der Waals surface area contributed by atoms with Gasteiger partial charge < -0.3 is 10.6 Å². The molecule has 1 fully saturated rings. The van der Waals surface area contributed by atoms with Crippen LogP contribution in [0.3, 0.4) is 0 Å². The summed E-state index contributed by atoms with van der Waals surface area (Å²) in [5.74, 6) is -0.433. The number of hydrogen-bond donors (Lipinski definition) is 2. The van der Waals surface area contributed by atoms with Crippen molar-refractivity contribution in [2.75, 3.05) is 24.7 Å². The molecule has 2 N–H and O–H groups in total. The fourth-order valence-electron chi connectivity index (χ4n) is 2.60. The van der Waals surface area contributed by atoms with Crippen LogP contribution in [0.2, 0.25) is 0 Å². The van der Waals surface area contributed by atoms with Crippen molar-refractivity contribution in [2.45, 2.75) is 24.5 Å². The Morgan fingerprint density at radius 2 is 1.95 bits per heavy atom. The first-order valence-corrected chi connectivity index (χ1v) is 9.43. The van der Waals surface area contributed by atoms with Gasteiger partial charge in [-0.3, -0.25) is 4.79 Å². The highest BCUT2D eigenvalue weighted by atomic mass is 79.9. The summed E-state index contributed by atoms with van der Waals surface area (Å²) < 4.78 is 23.9. The maximum absolute atomic E-state index is 12.6. The van der Waals surface area contributed by atoms with Gasteiger partial charge >= 0.3 is 0 Å². The molecule has 0 unspecified atom stereocenters. The van der Waals surface area contributed by atoms with Crippen LogP contribution in [-0.2, 0) is 14.6 Å². The summed E-state index contributed by atoms with van der Waals surface area (Å²) in [4.78, 5) is 12.6. The Labute approximate surface area is 133 Å². The van der Waals surface area contributed by atoms with Crippen LogP contribution in [0, 0.1) is 6.92 Å². The normalized spacial score (nSPS) is 18.2. The number of carbonyl (C=O) groups excluding carboxylic acids is 1. The molecule has 0 aromatic heterocycles. The third-order valence-corrected chi connectivity index (χ3v) is 6.48. The maximum atomic E-state index is 12.6. The van der Waals surface area contributed by atoms with Gasteiger partial charge in [0.15, 0.2) is 14.6 Å². The Balaban J connectivity index is 2.31. The smallest absolute Gasteiger partial charge is 0.245 e. The van der Waals surface area contributed by atoms with Gasteiger partial charge in [-0.05, 0) is 56.6 Å². The van der Waals surface area contributed by atoms with Gasteiger partial charge in [0.05, 0.1) is 0 Å². The lowest BCUT2D eigenvalue weighted by molar-refractivity contribution is -0.119. The van der Waals surface area contributed by atoms with Crippen LogP contribution in [0.15, 0.2) is 22.7 Å². The number of benzene rings is 1. The summed E-state index contributed by atoms with van der Waals surface area (Å²) in [5, 5.41) is 5.89. The summed E-state index contributed by atoms with van der Waals surface area (Å²) in [5.41, 5.74) is 1.53. The number of rotatable bonds is 3. The molecule has 0 aliphatic carbocycles. The lowest BCUT2D eigenvalue weighted by atomic mass is 9.95. The lowest BCUT2D eigenvalue weighted by Gasteiger charge is -2.34. The molecule has 1 aromatic rings. The number of piperidine rings is 1. The molecule has 2 rings (SSSR count). The van der Waals surface area contributed by atoms with E-state index < -0.39 is 20.5 Å². The van der Waals surface area contributed by atoms with E-state index in [9.17, 15) is 13.2 Å². The molecule has 1 amide bonds. The Hall–Kier alpha value is -0.920. The minimum absolute atomic E-state index is 0.299. The first kappa shape index (κ1) is 16.5. The zero-order valence-electron chi connectivity index (χ0n) is 12.1. The minimum Gasteiger partial charge on any atom is -0.324 e. The lowest BCUT2D eigenvalue weighted by Crippen LogP contribution is -2.55. The van der Waals surface area contributed by atoms with Gasteiger partial charge in [0, 0.05) is 16.4 Å². The van der Waals surface area contributed by atoms with Crippen LogP contribution in [0.25, 0.3) is 0 Å². The summed E-state index contributed by atoms with van der Waals surface area (Å²) >= 11 is 3.36. The number of amides is 1. The van der Waals surface area contributed by atoms with Gasteiger partial charge in [0.1, 0.15) is 0 Å². The molecule has 0 radical (unpaired) electrons. The SMILES string of the molecule is Cc1cc(Br)ccc1NC(=O)C1(S(C)(=O)=O)CCNCC1. The van der Waals surface area contributed by atoms with E-state index >= 15 is 0 Å². The van der Waals surface area contributed by atoms with Gasteiger partial charge in [0.25, 0.3) is 0 Å². The monoisotopic (exact) mass is 374 g/mol. The van der Waals surface area contributed by atoms with Crippen LogP contribution < -0.4 is 10.6 Å². The number of sulfone groups is 1. The van der Waals surface area contributed by atoms with Crippen LogP contribution in [-0.4, -0.2) is 38.4 Å². The number of halogens is 1. The van der Waals surface area contributed by atoms with E-state index in [1.807, 2.05) is 19.1 Å². The standard InChI is InChI=1S/C14H19BrN2O3S/c1-10-9-11(15)3-4-12(10)17-13(18)14(21(2,19)20)5-7-16-8-6-14/h3-4,9,16H,5-8H2,1-2H3,(H,17,18). The van der Waals surface area contributed by atoms with Crippen molar-refractivity contribution in [1.82, 2.24) is 5.32 Å².